The quantitative estimate of drug-likeness (QED) is 0.621. The van der Waals surface area contributed by atoms with E-state index in [1.165, 1.54) is 0 Å². The third-order valence-electron chi connectivity index (χ3n) is 1.80. The fourth-order valence-electron chi connectivity index (χ4n) is 1.000. The number of ether oxygens (including phenoxy) is 1. The molecule has 0 heterocycles. The van der Waals surface area contributed by atoms with E-state index in [9.17, 15) is 4.79 Å². The summed E-state index contributed by atoms with van der Waals surface area (Å²) in [7, 11) is 0. The lowest BCUT2D eigenvalue weighted by molar-refractivity contribution is -0.123. The summed E-state index contributed by atoms with van der Waals surface area (Å²) in [6, 6.07) is 0. The first kappa shape index (κ1) is 9.20. The van der Waals surface area contributed by atoms with E-state index < -0.39 is 0 Å². The number of hydrogen-bond acceptors (Lipinski definition) is 2. The molecule has 0 radical (unpaired) electrons. The van der Waals surface area contributed by atoms with Crippen molar-refractivity contribution in [1.82, 2.24) is 0 Å². The topological polar surface area (TPSA) is 26.3 Å². The van der Waals surface area contributed by atoms with E-state index in [0.717, 1.165) is 0 Å². The zero-order chi connectivity index (χ0) is 8.81. The molecule has 2 heteroatoms. The molecule has 1 aliphatic rings. The predicted molar refractivity (Wildman–Crippen MR) is 47.9 cm³/mol. The molecule has 0 unspecified atom stereocenters. The molecular weight excluding hydrogens is 152 g/mol. The normalized spacial score (nSPS) is 15.8. The Bertz CT molecular complexity index is 192. The second-order valence-corrected chi connectivity index (χ2v) is 2.84. The average Bonchev–Trinajstić information content (AvgIpc) is 2.57. The van der Waals surface area contributed by atoms with Gasteiger partial charge in [0.05, 0.1) is 6.61 Å². The van der Waals surface area contributed by atoms with Crippen LogP contribution in [-0.4, -0.2) is 19.0 Å². The molecular formula is C10H14O2. The SMILES string of the molecule is CCC(=O)COCC1C=CC=C1. The molecule has 1 rings (SSSR count). The molecule has 0 aromatic rings. The molecule has 0 saturated carbocycles. The van der Waals surface area contributed by atoms with Crippen LogP contribution in [0.25, 0.3) is 0 Å². The van der Waals surface area contributed by atoms with E-state index in [0.29, 0.717) is 18.9 Å². The van der Waals surface area contributed by atoms with Crippen molar-refractivity contribution in [2.45, 2.75) is 13.3 Å². The smallest absolute Gasteiger partial charge is 0.158 e. The van der Waals surface area contributed by atoms with Crippen LogP contribution in [0.5, 0.6) is 0 Å². The molecule has 0 amide bonds. The summed E-state index contributed by atoms with van der Waals surface area (Å²) < 4.78 is 5.22. The van der Waals surface area contributed by atoms with Gasteiger partial charge >= 0.3 is 0 Å². The van der Waals surface area contributed by atoms with Gasteiger partial charge in [0.15, 0.2) is 5.78 Å². The first-order chi connectivity index (χ1) is 5.83. The Balaban J connectivity index is 2.06. The molecule has 0 aliphatic heterocycles. The van der Waals surface area contributed by atoms with Crippen LogP contribution in [0.2, 0.25) is 0 Å². The number of Topliss-reactive ketones (excluding diaryl/α,β-unsaturated/α-hetero) is 1. The first-order valence-corrected chi connectivity index (χ1v) is 4.27. The molecule has 0 N–H and O–H groups in total. The summed E-state index contributed by atoms with van der Waals surface area (Å²) in [5, 5.41) is 0. The van der Waals surface area contributed by atoms with Crippen molar-refractivity contribution in [3.05, 3.63) is 24.3 Å². The number of hydrogen-bond donors (Lipinski definition) is 0. The average molecular weight is 166 g/mol. The van der Waals surface area contributed by atoms with Gasteiger partial charge in [-0.25, -0.2) is 0 Å². The Morgan fingerprint density at radius 2 is 2.08 bits per heavy atom. The van der Waals surface area contributed by atoms with Gasteiger partial charge in [0.2, 0.25) is 0 Å². The number of carbonyl (C=O) groups is 1. The van der Waals surface area contributed by atoms with Crippen molar-refractivity contribution in [2.24, 2.45) is 5.92 Å². The van der Waals surface area contributed by atoms with E-state index in [-0.39, 0.29) is 12.4 Å². The van der Waals surface area contributed by atoms with E-state index in [4.69, 9.17) is 4.74 Å². The van der Waals surface area contributed by atoms with E-state index in [2.05, 4.69) is 12.2 Å². The van der Waals surface area contributed by atoms with Gasteiger partial charge in [0, 0.05) is 12.3 Å². The molecule has 12 heavy (non-hydrogen) atoms. The largest absolute Gasteiger partial charge is 0.373 e. The Labute approximate surface area is 72.9 Å². The zero-order valence-corrected chi connectivity index (χ0v) is 7.32. The summed E-state index contributed by atoms with van der Waals surface area (Å²) in [5.74, 6) is 0.538. The highest BCUT2D eigenvalue weighted by molar-refractivity contribution is 5.79. The summed E-state index contributed by atoms with van der Waals surface area (Å²) in [6.45, 7) is 2.73. The van der Waals surface area contributed by atoms with Crippen molar-refractivity contribution in [3.8, 4) is 0 Å². The molecule has 0 atom stereocenters. The minimum Gasteiger partial charge on any atom is -0.373 e. The van der Waals surface area contributed by atoms with Crippen molar-refractivity contribution < 1.29 is 9.53 Å². The fraction of sp³-hybridized carbons (Fsp3) is 0.500. The number of rotatable bonds is 5. The molecule has 0 fully saturated rings. The molecule has 0 aromatic heterocycles. The van der Waals surface area contributed by atoms with Crippen LogP contribution >= 0.6 is 0 Å². The summed E-state index contributed by atoms with van der Waals surface area (Å²) >= 11 is 0. The molecule has 2 nitrogen and oxygen atoms in total. The standard InChI is InChI=1S/C10H14O2/c1-2-10(11)8-12-7-9-5-3-4-6-9/h3-6,9H,2,7-8H2,1H3. The highest BCUT2D eigenvalue weighted by atomic mass is 16.5. The van der Waals surface area contributed by atoms with Crippen LogP contribution in [-0.2, 0) is 9.53 Å². The van der Waals surface area contributed by atoms with Gasteiger partial charge in [-0.2, -0.15) is 0 Å². The Morgan fingerprint density at radius 1 is 1.42 bits per heavy atom. The third kappa shape index (κ3) is 3.01. The molecule has 66 valence electrons. The first-order valence-electron chi connectivity index (χ1n) is 4.27. The second kappa shape index (κ2) is 4.88. The lowest BCUT2D eigenvalue weighted by Crippen LogP contribution is -2.11. The molecule has 0 spiro atoms. The molecule has 0 aromatic carbocycles. The van der Waals surface area contributed by atoms with Crippen molar-refractivity contribution in [3.63, 3.8) is 0 Å². The van der Waals surface area contributed by atoms with Crippen LogP contribution in [0.4, 0.5) is 0 Å². The van der Waals surface area contributed by atoms with Gasteiger partial charge in [-0.05, 0) is 0 Å². The van der Waals surface area contributed by atoms with E-state index in [1.807, 2.05) is 19.1 Å². The van der Waals surface area contributed by atoms with Crippen molar-refractivity contribution >= 4 is 5.78 Å². The number of carbonyl (C=O) groups excluding carboxylic acids is 1. The number of allylic oxidation sites excluding steroid dienone is 2. The Morgan fingerprint density at radius 3 is 2.67 bits per heavy atom. The maximum Gasteiger partial charge on any atom is 0.158 e. The highest BCUT2D eigenvalue weighted by Crippen LogP contribution is 2.08. The van der Waals surface area contributed by atoms with Gasteiger partial charge in [-0.3, -0.25) is 4.79 Å². The molecule has 0 bridgehead atoms. The van der Waals surface area contributed by atoms with Crippen molar-refractivity contribution in [1.29, 1.82) is 0 Å². The van der Waals surface area contributed by atoms with Gasteiger partial charge in [0.1, 0.15) is 6.61 Å². The maximum absolute atomic E-state index is 10.8. The second-order valence-electron chi connectivity index (χ2n) is 2.84. The number of ketones is 1. The molecule has 0 saturated heterocycles. The predicted octanol–water partition coefficient (Wildman–Crippen LogP) is 1.72. The fourth-order valence-corrected chi connectivity index (χ4v) is 1.000. The molecule has 1 aliphatic carbocycles. The van der Waals surface area contributed by atoms with Crippen LogP contribution in [0, 0.1) is 5.92 Å². The third-order valence-corrected chi connectivity index (χ3v) is 1.80. The highest BCUT2D eigenvalue weighted by Gasteiger charge is 2.04. The van der Waals surface area contributed by atoms with Crippen LogP contribution in [0.15, 0.2) is 24.3 Å². The van der Waals surface area contributed by atoms with E-state index in [1.54, 1.807) is 0 Å². The van der Waals surface area contributed by atoms with Crippen LogP contribution < -0.4 is 0 Å². The Kier molecular flexibility index (Phi) is 3.74. The zero-order valence-electron chi connectivity index (χ0n) is 7.32. The van der Waals surface area contributed by atoms with Crippen LogP contribution in [0.1, 0.15) is 13.3 Å². The van der Waals surface area contributed by atoms with Gasteiger partial charge in [0.25, 0.3) is 0 Å². The summed E-state index contributed by atoms with van der Waals surface area (Å²) in [5.41, 5.74) is 0. The van der Waals surface area contributed by atoms with Gasteiger partial charge in [-0.1, -0.05) is 31.2 Å². The van der Waals surface area contributed by atoms with E-state index >= 15 is 0 Å². The lowest BCUT2D eigenvalue weighted by atomic mass is 10.2. The minimum absolute atomic E-state index is 0.168. The lowest BCUT2D eigenvalue weighted by Gasteiger charge is -2.05. The summed E-state index contributed by atoms with van der Waals surface area (Å²) in [4.78, 5) is 10.8. The van der Waals surface area contributed by atoms with Gasteiger partial charge in [-0.15, -0.1) is 0 Å². The maximum atomic E-state index is 10.8. The Hall–Kier alpha value is -0.890. The minimum atomic E-state index is 0.168. The van der Waals surface area contributed by atoms with Crippen LogP contribution in [0.3, 0.4) is 0 Å². The summed E-state index contributed by atoms with van der Waals surface area (Å²) in [6.07, 6.45) is 8.69. The van der Waals surface area contributed by atoms with Gasteiger partial charge < -0.3 is 4.74 Å². The van der Waals surface area contributed by atoms with Crippen molar-refractivity contribution in [2.75, 3.05) is 13.2 Å². The monoisotopic (exact) mass is 166 g/mol.